The highest BCUT2D eigenvalue weighted by Crippen LogP contribution is 2.16. The molecule has 2 aromatic rings. The van der Waals surface area contributed by atoms with Crippen molar-refractivity contribution in [1.82, 2.24) is 9.71 Å². The maximum atomic E-state index is 12.2. The van der Waals surface area contributed by atoms with Crippen molar-refractivity contribution in [3.63, 3.8) is 0 Å². The van der Waals surface area contributed by atoms with Gasteiger partial charge in [0.25, 0.3) is 0 Å². The van der Waals surface area contributed by atoms with Crippen LogP contribution in [0.1, 0.15) is 5.56 Å². The molecule has 2 rings (SSSR count). The average molecular weight is 312 g/mol. The molecule has 106 valence electrons. The molecule has 0 fully saturated rings. The molecule has 1 heterocycles. The van der Waals surface area contributed by atoms with Crippen molar-refractivity contribution in [1.29, 1.82) is 0 Å². The molecular formula is C13H14ClN3O2S. The second kappa shape index (κ2) is 6.21. The average Bonchev–Trinajstić information content (AvgIpc) is 2.46. The van der Waals surface area contributed by atoms with Crippen LogP contribution in [-0.2, 0) is 16.6 Å². The Bertz CT molecular complexity index is 704. The van der Waals surface area contributed by atoms with Gasteiger partial charge in [-0.2, -0.15) is 0 Å². The van der Waals surface area contributed by atoms with Crippen molar-refractivity contribution < 1.29 is 8.42 Å². The van der Waals surface area contributed by atoms with E-state index in [1.807, 2.05) is 0 Å². The van der Waals surface area contributed by atoms with Crippen LogP contribution in [0.3, 0.4) is 0 Å². The topological polar surface area (TPSA) is 71.1 Å². The number of hydrogen-bond donors (Lipinski definition) is 2. The van der Waals surface area contributed by atoms with E-state index in [1.54, 1.807) is 31.3 Å². The summed E-state index contributed by atoms with van der Waals surface area (Å²) in [6.07, 6.45) is 1.44. The quantitative estimate of drug-likeness (QED) is 0.888. The van der Waals surface area contributed by atoms with Crippen molar-refractivity contribution in [3.05, 3.63) is 53.2 Å². The summed E-state index contributed by atoms with van der Waals surface area (Å²) in [6, 6.07) is 10.0. The second-order valence-electron chi connectivity index (χ2n) is 4.04. The smallest absolute Gasteiger partial charge is 0.241 e. The van der Waals surface area contributed by atoms with Gasteiger partial charge in [0.15, 0.2) is 0 Å². The standard InChI is InChI=1S/C13H14ClN3O2S/c1-15-13-8-11(6-7-16-13)20(18,19)17-9-10-4-2-3-5-12(10)14/h2-8,17H,9H2,1H3,(H,15,16). The molecule has 0 aliphatic rings. The summed E-state index contributed by atoms with van der Waals surface area (Å²) in [5.41, 5.74) is 0.723. The number of benzene rings is 1. The minimum Gasteiger partial charge on any atom is -0.373 e. The zero-order chi connectivity index (χ0) is 14.6. The summed E-state index contributed by atoms with van der Waals surface area (Å²) in [6.45, 7) is 0.138. The van der Waals surface area contributed by atoms with Gasteiger partial charge in [-0.15, -0.1) is 0 Å². The number of nitrogens with one attached hydrogen (secondary N) is 2. The zero-order valence-electron chi connectivity index (χ0n) is 10.8. The minimum atomic E-state index is -3.60. The van der Waals surface area contributed by atoms with E-state index in [0.717, 1.165) is 5.56 Å². The van der Waals surface area contributed by atoms with Gasteiger partial charge in [0, 0.05) is 30.9 Å². The number of anilines is 1. The lowest BCUT2D eigenvalue weighted by Crippen LogP contribution is -2.23. The van der Waals surface area contributed by atoms with Gasteiger partial charge >= 0.3 is 0 Å². The molecule has 0 aliphatic heterocycles. The van der Waals surface area contributed by atoms with Gasteiger partial charge in [0.1, 0.15) is 5.82 Å². The molecule has 0 saturated heterocycles. The van der Waals surface area contributed by atoms with Crippen molar-refractivity contribution in [2.75, 3.05) is 12.4 Å². The van der Waals surface area contributed by atoms with Crippen LogP contribution in [0, 0.1) is 0 Å². The molecule has 0 spiro atoms. The first-order valence-electron chi connectivity index (χ1n) is 5.90. The number of rotatable bonds is 5. The molecule has 0 unspecified atom stereocenters. The third kappa shape index (κ3) is 3.47. The molecule has 1 aromatic heterocycles. The highest BCUT2D eigenvalue weighted by molar-refractivity contribution is 7.89. The SMILES string of the molecule is CNc1cc(S(=O)(=O)NCc2ccccc2Cl)ccn1. The maximum absolute atomic E-state index is 12.2. The minimum absolute atomic E-state index is 0.138. The monoisotopic (exact) mass is 311 g/mol. The van der Waals surface area contributed by atoms with Crippen LogP contribution < -0.4 is 10.0 Å². The Morgan fingerprint density at radius 3 is 2.70 bits per heavy atom. The lowest BCUT2D eigenvalue weighted by molar-refractivity contribution is 0.581. The highest BCUT2D eigenvalue weighted by Gasteiger charge is 2.15. The molecule has 0 amide bonds. The summed E-state index contributed by atoms with van der Waals surface area (Å²) in [5.74, 6) is 0.491. The fourth-order valence-corrected chi connectivity index (χ4v) is 2.83. The number of halogens is 1. The van der Waals surface area contributed by atoms with Crippen LogP contribution in [0.25, 0.3) is 0 Å². The maximum Gasteiger partial charge on any atom is 0.241 e. The van der Waals surface area contributed by atoms with Gasteiger partial charge in [-0.1, -0.05) is 29.8 Å². The highest BCUT2D eigenvalue weighted by atomic mass is 35.5. The van der Waals surface area contributed by atoms with E-state index < -0.39 is 10.0 Å². The Balaban J connectivity index is 2.17. The van der Waals surface area contributed by atoms with Gasteiger partial charge in [0.05, 0.1) is 4.90 Å². The third-order valence-corrected chi connectivity index (χ3v) is 4.48. The van der Waals surface area contributed by atoms with Crippen LogP contribution in [0.5, 0.6) is 0 Å². The zero-order valence-corrected chi connectivity index (χ0v) is 12.4. The lowest BCUT2D eigenvalue weighted by Gasteiger charge is -2.09. The molecule has 0 aliphatic carbocycles. The predicted octanol–water partition coefficient (Wildman–Crippen LogP) is 2.26. The van der Waals surface area contributed by atoms with E-state index in [-0.39, 0.29) is 11.4 Å². The van der Waals surface area contributed by atoms with E-state index in [0.29, 0.717) is 10.8 Å². The predicted molar refractivity (Wildman–Crippen MR) is 79.3 cm³/mol. The fraction of sp³-hybridized carbons (Fsp3) is 0.154. The molecule has 0 radical (unpaired) electrons. The number of nitrogens with zero attached hydrogens (tertiary/aromatic N) is 1. The largest absolute Gasteiger partial charge is 0.373 e. The second-order valence-corrected chi connectivity index (χ2v) is 6.22. The van der Waals surface area contributed by atoms with Crippen LogP contribution in [0.4, 0.5) is 5.82 Å². The molecule has 0 saturated carbocycles. The molecule has 0 bridgehead atoms. The van der Waals surface area contributed by atoms with E-state index in [4.69, 9.17) is 11.6 Å². The van der Waals surface area contributed by atoms with E-state index in [2.05, 4.69) is 15.0 Å². The van der Waals surface area contributed by atoms with Crippen LogP contribution in [-0.4, -0.2) is 20.4 Å². The van der Waals surface area contributed by atoms with E-state index in [1.165, 1.54) is 18.3 Å². The summed E-state index contributed by atoms with van der Waals surface area (Å²) < 4.78 is 26.9. The first-order valence-corrected chi connectivity index (χ1v) is 7.76. The van der Waals surface area contributed by atoms with Crippen molar-refractivity contribution in [2.45, 2.75) is 11.4 Å². The number of hydrogen-bond acceptors (Lipinski definition) is 4. The van der Waals surface area contributed by atoms with Crippen molar-refractivity contribution in [2.24, 2.45) is 0 Å². The summed E-state index contributed by atoms with van der Waals surface area (Å²) in [4.78, 5) is 4.14. The first kappa shape index (κ1) is 14.8. The van der Waals surface area contributed by atoms with Gasteiger partial charge in [-0.05, 0) is 17.7 Å². The summed E-state index contributed by atoms with van der Waals surface area (Å²) >= 11 is 5.99. The van der Waals surface area contributed by atoms with E-state index in [9.17, 15) is 8.42 Å². The van der Waals surface area contributed by atoms with Gasteiger partial charge < -0.3 is 5.32 Å². The number of pyridine rings is 1. The number of sulfonamides is 1. The van der Waals surface area contributed by atoms with Crippen molar-refractivity contribution in [3.8, 4) is 0 Å². The van der Waals surface area contributed by atoms with E-state index >= 15 is 0 Å². The van der Waals surface area contributed by atoms with Gasteiger partial charge in [0.2, 0.25) is 10.0 Å². The third-order valence-electron chi connectivity index (χ3n) is 2.71. The van der Waals surface area contributed by atoms with Crippen molar-refractivity contribution >= 4 is 27.4 Å². The molecule has 5 nitrogen and oxygen atoms in total. The van der Waals surface area contributed by atoms with Crippen LogP contribution in [0.15, 0.2) is 47.5 Å². The summed E-state index contributed by atoms with van der Waals surface area (Å²) in [7, 11) is -1.92. The Morgan fingerprint density at radius 1 is 1.25 bits per heavy atom. The molecule has 0 atom stereocenters. The summed E-state index contributed by atoms with van der Waals surface area (Å²) in [5, 5.41) is 3.33. The van der Waals surface area contributed by atoms with Crippen LogP contribution >= 0.6 is 11.6 Å². The molecule has 2 N–H and O–H groups in total. The Labute approximate surface area is 123 Å². The first-order chi connectivity index (χ1) is 9.53. The van der Waals surface area contributed by atoms with Gasteiger partial charge in [-0.3, -0.25) is 0 Å². The Hall–Kier alpha value is -1.63. The molecular weight excluding hydrogens is 298 g/mol. The normalized spacial score (nSPS) is 11.3. The number of aromatic nitrogens is 1. The fourth-order valence-electron chi connectivity index (χ4n) is 1.61. The Kier molecular flexibility index (Phi) is 4.59. The Morgan fingerprint density at radius 2 is 2.00 bits per heavy atom. The van der Waals surface area contributed by atoms with Crippen LogP contribution in [0.2, 0.25) is 5.02 Å². The molecule has 7 heteroatoms. The molecule has 20 heavy (non-hydrogen) atoms. The lowest BCUT2D eigenvalue weighted by atomic mass is 10.2. The van der Waals surface area contributed by atoms with Gasteiger partial charge in [-0.25, -0.2) is 18.1 Å². The molecule has 1 aromatic carbocycles.